The number of aromatic nitrogens is 1. The largest absolute Gasteiger partial charge is 0.486 e. The average Bonchev–Trinajstić information content (AvgIpc) is 2.58. The predicted molar refractivity (Wildman–Crippen MR) is 88.9 cm³/mol. The van der Waals surface area contributed by atoms with Crippen molar-refractivity contribution in [3.63, 3.8) is 0 Å². The van der Waals surface area contributed by atoms with Crippen molar-refractivity contribution in [3.8, 4) is 5.75 Å². The summed E-state index contributed by atoms with van der Waals surface area (Å²) in [6.45, 7) is 2.18. The van der Waals surface area contributed by atoms with Crippen LogP contribution in [0.4, 0.5) is 0 Å². The van der Waals surface area contributed by atoms with E-state index in [4.69, 9.17) is 16.3 Å². The number of hydrogen-bond donors (Lipinski definition) is 0. The lowest BCUT2D eigenvalue weighted by Gasteiger charge is -2.37. The number of aldehydes is 1. The standard InChI is InChI=1S/C18H20ClNO2/c1-2-18(8-4-3-5-9-18)22-16-7-6-13-10-14(12-21)20-11-15(13)17(16)19/h6-7,10-12H,2-5,8-9H2,1H3. The van der Waals surface area contributed by atoms with Crippen molar-refractivity contribution in [2.75, 3.05) is 0 Å². The fourth-order valence-electron chi connectivity index (χ4n) is 3.28. The first-order chi connectivity index (χ1) is 10.7. The summed E-state index contributed by atoms with van der Waals surface area (Å²) in [6.07, 6.45) is 9.26. The van der Waals surface area contributed by atoms with E-state index in [0.717, 1.165) is 42.1 Å². The maximum atomic E-state index is 10.8. The molecule has 1 aliphatic rings. The molecule has 1 fully saturated rings. The van der Waals surface area contributed by atoms with Gasteiger partial charge in [-0.05, 0) is 49.6 Å². The van der Waals surface area contributed by atoms with Crippen LogP contribution < -0.4 is 4.74 Å². The van der Waals surface area contributed by atoms with Gasteiger partial charge in [-0.3, -0.25) is 9.78 Å². The molecule has 0 spiro atoms. The smallest absolute Gasteiger partial charge is 0.168 e. The minimum absolute atomic E-state index is 0.0915. The van der Waals surface area contributed by atoms with E-state index in [1.807, 2.05) is 12.1 Å². The predicted octanol–water partition coefficient (Wildman–Crippen LogP) is 5.19. The normalized spacial score (nSPS) is 17.4. The quantitative estimate of drug-likeness (QED) is 0.728. The summed E-state index contributed by atoms with van der Waals surface area (Å²) >= 11 is 6.52. The average molecular weight is 318 g/mol. The molecule has 0 atom stereocenters. The topological polar surface area (TPSA) is 39.2 Å². The van der Waals surface area contributed by atoms with Crippen LogP contribution in [0.1, 0.15) is 55.9 Å². The van der Waals surface area contributed by atoms with E-state index in [-0.39, 0.29) is 5.60 Å². The molecule has 1 saturated carbocycles. The van der Waals surface area contributed by atoms with E-state index in [9.17, 15) is 4.79 Å². The van der Waals surface area contributed by atoms with Gasteiger partial charge in [0.15, 0.2) is 6.29 Å². The first-order valence-corrected chi connectivity index (χ1v) is 8.28. The van der Waals surface area contributed by atoms with Crippen LogP contribution in [0.25, 0.3) is 10.8 Å². The molecule has 1 aliphatic carbocycles. The number of pyridine rings is 1. The van der Waals surface area contributed by atoms with Crippen LogP contribution in [-0.4, -0.2) is 16.9 Å². The molecule has 4 heteroatoms. The van der Waals surface area contributed by atoms with Gasteiger partial charge < -0.3 is 4.74 Å². The Balaban J connectivity index is 1.97. The van der Waals surface area contributed by atoms with Gasteiger partial charge in [0.05, 0.1) is 5.02 Å². The molecule has 0 N–H and O–H groups in total. The summed E-state index contributed by atoms with van der Waals surface area (Å²) in [5.41, 5.74) is 0.320. The number of carbonyl (C=O) groups is 1. The zero-order valence-corrected chi connectivity index (χ0v) is 13.5. The Bertz CT molecular complexity index is 693. The highest BCUT2D eigenvalue weighted by atomic mass is 35.5. The van der Waals surface area contributed by atoms with Crippen molar-refractivity contribution in [1.29, 1.82) is 0 Å². The molecule has 3 rings (SSSR count). The SMILES string of the molecule is CCC1(Oc2ccc3cc(C=O)ncc3c2Cl)CCCCC1. The van der Waals surface area contributed by atoms with Gasteiger partial charge in [-0.2, -0.15) is 0 Å². The number of halogens is 1. The van der Waals surface area contributed by atoms with Crippen LogP contribution in [-0.2, 0) is 0 Å². The lowest BCUT2D eigenvalue weighted by Crippen LogP contribution is -2.37. The minimum atomic E-state index is -0.0915. The molecular formula is C18H20ClNO2. The Kier molecular flexibility index (Phi) is 4.34. The van der Waals surface area contributed by atoms with Crippen LogP contribution in [0.5, 0.6) is 5.75 Å². The summed E-state index contributed by atoms with van der Waals surface area (Å²) in [5, 5.41) is 2.32. The number of benzene rings is 1. The van der Waals surface area contributed by atoms with Gasteiger partial charge in [0.1, 0.15) is 17.0 Å². The molecule has 1 aromatic heterocycles. The lowest BCUT2D eigenvalue weighted by molar-refractivity contribution is 0.0267. The molecule has 1 aromatic carbocycles. The molecule has 1 heterocycles. The van der Waals surface area contributed by atoms with Gasteiger partial charge >= 0.3 is 0 Å². The van der Waals surface area contributed by atoms with Gasteiger partial charge in [0.2, 0.25) is 0 Å². The molecule has 22 heavy (non-hydrogen) atoms. The molecular weight excluding hydrogens is 298 g/mol. The van der Waals surface area contributed by atoms with Crippen LogP contribution in [0.15, 0.2) is 24.4 Å². The maximum absolute atomic E-state index is 10.8. The summed E-state index contributed by atoms with van der Waals surface area (Å²) in [6, 6.07) is 5.59. The zero-order chi connectivity index (χ0) is 15.6. The van der Waals surface area contributed by atoms with Gasteiger partial charge in [-0.15, -0.1) is 0 Å². The van der Waals surface area contributed by atoms with E-state index in [1.54, 1.807) is 12.3 Å². The first kappa shape index (κ1) is 15.3. The van der Waals surface area contributed by atoms with Crippen molar-refractivity contribution < 1.29 is 9.53 Å². The van der Waals surface area contributed by atoms with E-state index in [1.165, 1.54) is 19.3 Å². The summed E-state index contributed by atoms with van der Waals surface area (Å²) in [5.74, 6) is 0.721. The Labute approximate surface area is 135 Å². The summed E-state index contributed by atoms with van der Waals surface area (Å²) in [4.78, 5) is 14.9. The minimum Gasteiger partial charge on any atom is -0.486 e. The van der Waals surface area contributed by atoms with E-state index in [0.29, 0.717) is 10.7 Å². The van der Waals surface area contributed by atoms with Gasteiger partial charge in [-0.25, -0.2) is 0 Å². The fraction of sp³-hybridized carbons (Fsp3) is 0.444. The Morgan fingerprint density at radius 3 is 2.77 bits per heavy atom. The molecule has 0 bridgehead atoms. The molecule has 0 radical (unpaired) electrons. The maximum Gasteiger partial charge on any atom is 0.168 e. The van der Waals surface area contributed by atoms with Crippen LogP contribution in [0.2, 0.25) is 5.02 Å². The highest BCUT2D eigenvalue weighted by Gasteiger charge is 2.33. The number of ether oxygens (including phenoxy) is 1. The second kappa shape index (κ2) is 6.25. The molecule has 0 unspecified atom stereocenters. The molecule has 0 aliphatic heterocycles. The second-order valence-corrected chi connectivity index (χ2v) is 6.40. The third-order valence-corrected chi connectivity index (χ3v) is 5.07. The van der Waals surface area contributed by atoms with E-state index >= 15 is 0 Å². The van der Waals surface area contributed by atoms with Gasteiger partial charge in [0.25, 0.3) is 0 Å². The summed E-state index contributed by atoms with van der Waals surface area (Å²) in [7, 11) is 0. The van der Waals surface area contributed by atoms with Crippen LogP contribution in [0.3, 0.4) is 0 Å². The second-order valence-electron chi connectivity index (χ2n) is 6.03. The number of fused-ring (bicyclic) bond motifs is 1. The Morgan fingerprint density at radius 1 is 1.32 bits per heavy atom. The lowest BCUT2D eigenvalue weighted by atomic mass is 9.82. The number of rotatable bonds is 4. The monoisotopic (exact) mass is 317 g/mol. The molecule has 116 valence electrons. The Morgan fingerprint density at radius 2 is 2.09 bits per heavy atom. The fourth-order valence-corrected chi connectivity index (χ4v) is 3.54. The van der Waals surface area contributed by atoms with E-state index in [2.05, 4.69) is 11.9 Å². The van der Waals surface area contributed by atoms with Gasteiger partial charge in [0, 0.05) is 11.6 Å². The number of carbonyl (C=O) groups excluding carboxylic acids is 1. The van der Waals surface area contributed by atoms with Crippen LogP contribution >= 0.6 is 11.6 Å². The molecule has 0 amide bonds. The van der Waals surface area contributed by atoms with Crippen molar-refractivity contribution in [2.24, 2.45) is 0 Å². The highest BCUT2D eigenvalue weighted by Crippen LogP contribution is 2.40. The number of hydrogen-bond acceptors (Lipinski definition) is 3. The van der Waals surface area contributed by atoms with Gasteiger partial charge in [-0.1, -0.05) is 31.0 Å². The van der Waals surface area contributed by atoms with Crippen molar-refractivity contribution in [1.82, 2.24) is 4.98 Å². The molecule has 0 saturated heterocycles. The van der Waals surface area contributed by atoms with Crippen molar-refractivity contribution in [3.05, 3.63) is 35.1 Å². The number of nitrogens with zero attached hydrogens (tertiary/aromatic N) is 1. The van der Waals surface area contributed by atoms with Crippen molar-refractivity contribution >= 4 is 28.7 Å². The first-order valence-electron chi connectivity index (χ1n) is 7.90. The van der Waals surface area contributed by atoms with Crippen LogP contribution in [0, 0.1) is 0 Å². The molecule has 2 aromatic rings. The Hall–Kier alpha value is -1.61. The summed E-state index contributed by atoms with van der Waals surface area (Å²) < 4.78 is 6.36. The van der Waals surface area contributed by atoms with E-state index < -0.39 is 0 Å². The third-order valence-electron chi connectivity index (χ3n) is 4.68. The highest BCUT2D eigenvalue weighted by molar-refractivity contribution is 6.37. The zero-order valence-electron chi connectivity index (χ0n) is 12.8. The van der Waals surface area contributed by atoms with Crippen molar-refractivity contribution in [2.45, 2.75) is 51.0 Å². The third kappa shape index (κ3) is 2.82. The molecule has 3 nitrogen and oxygen atoms in total.